The van der Waals surface area contributed by atoms with Crippen LogP contribution in [0.2, 0.25) is 20.1 Å². The minimum atomic E-state index is 0. The third kappa shape index (κ3) is 31.7. The summed E-state index contributed by atoms with van der Waals surface area (Å²) >= 11 is 29.4. The van der Waals surface area contributed by atoms with Gasteiger partial charge in [-0.3, -0.25) is 0 Å². The number of aliphatic hydroxyl groups excluding tert-OH is 1. The van der Waals surface area contributed by atoms with Crippen LogP contribution in [0.15, 0.2) is 77.1 Å². The number of benzene rings is 4. The standard InChI is InChI=1S/C9H8ClNO.C8H8BrClO.C8H9ClO.C7H7ClO.C2H3N.C2H6O.CN.BHNS.Na/c1-11-6-7-3-4-8(10)9(5-7)12-2;1-11-8-4-6(5-9)2-3-7(8)10;1-6-3-4-7(9)8(5-6)10-2;1-5-2-3-6(8)7(9)4-5;2*1-2-3;1-2;1-2-3;/h3-5H,6H2,2H3;2-4H,5H2,1H3;3-5H,1-2H3;2-4,9H,1H3;1H3;3H,2H2,1H3;;3H;/q;;;;;;-1;;+1. The molecular weight excluding hydrogens is 868 g/mol. The van der Waals surface area contributed by atoms with E-state index in [0.717, 1.165) is 39.1 Å². The van der Waals surface area contributed by atoms with Crippen molar-refractivity contribution in [2.24, 2.45) is 4.30 Å². The van der Waals surface area contributed by atoms with E-state index in [1.165, 1.54) is 6.92 Å². The second-order valence-corrected chi connectivity index (χ2v) is 11.6. The van der Waals surface area contributed by atoms with E-state index >= 15 is 0 Å². The fourth-order valence-electron chi connectivity index (χ4n) is 3.07. The molecule has 4 aromatic rings. The van der Waals surface area contributed by atoms with E-state index in [1.54, 1.807) is 58.6 Å². The van der Waals surface area contributed by atoms with Crippen molar-refractivity contribution in [3.8, 4) is 29.1 Å². The van der Waals surface area contributed by atoms with Gasteiger partial charge in [0.05, 0.1) is 47.5 Å². The van der Waals surface area contributed by atoms with Crippen molar-refractivity contribution in [3.05, 3.63) is 133 Å². The molecule has 0 aliphatic carbocycles. The van der Waals surface area contributed by atoms with E-state index < -0.39 is 0 Å². The number of aryl methyl sites for hydroxylation is 2. The molecule has 4 aromatic carbocycles. The van der Waals surface area contributed by atoms with E-state index in [1.807, 2.05) is 62.4 Å². The molecule has 9 nitrogen and oxygen atoms in total. The van der Waals surface area contributed by atoms with Gasteiger partial charge in [0, 0.05) is 24.4 Å². The molecule has 2 N–H and O–H groups in total. The molecule has 0 saturated carbocycles. The summed E-state index contributed by atoms with van der Waals surface area (Å²) in [7, 11) is 9.12. The zero-order valence-electron chi connectivity index (χ0n) is 31.4. The van der Waals surface area contributed by atoms with Crippen LogP contribution in [0.4, 0.5) is 0 Å². The Bertz CT molecular complexity index is 1700. The zero-order valence-corrected chi connectivity index (χ0v) is 38.9. The number of methoxy groups -OCH3 is 3. The average molecular weight is 910 g/mol. The Labute approximate surface area is 378 Å². The number of alkyl halides is 1. The van der Waals surface area contributed by atoms with Gasteiger partial charge in [0.15, 0.2) is 0 Å². The van der Waals surface area contributed by atoms with Crippen LogP contribution in [0.1, 0.15) is 36.1 Å². The van der Waals surface area contributed by atoms with Crippen LogP contribution in [0, 0.1) is 43.6 Å². The van der Waals surface area contributed by atoms with Gasteiger partial charge in [-0.1, -0.05) is 80.5 Å². The molecule has 0 aromatic heterocycles. The predicted molar refractivity (Wildman–Crippen MR) is 226 cm³/mol. The van der Waals surface area contributed by atoms with Crippen molar-refractivity contribution in [1.82, 2.24) is 0 Å². The van der Waals surface area contributed by atoms with Gasteiger partial charge in [-0.15, -0.1) is 0 Å². The number of aromatic hydroxyl groups is 1. The van der Waals surface area contributed by atoms with E-state index in [4.69, 9.17) is 94.5 Å². The number of nitriles is 1. The maximum absolute atomic E-state index is 8.97. The third-order valence-electron chi connectivity index (χ3n) is 5.26. The topological polar surface area (TPSA) is 132 Å². The van der Waals surface area contributed by atoms with Gasteiger partial charge in [-0.05, 0) is 92.1 Å². The molecule has 0 heterocycles. The predicted octanol–water partition coefficient (Wildman–Crippen LogP) is 8.83. The largest absolute Gasteiger partial charge is 1.00 e. The maximum atomic E-state index is 8.97. The van der Waals surface area contributed by atoms with E-state index in [9.17, 15) is 0 Å². The molecule has 0 amide bonds. The molecule has 0 spiro atoms. The van der Waals surface area contributed by atoms with Crippen LogP contribution in [-0.2, 0) is 11.9 Å². The minimum absolute atomic E-state index is 0. The summed E-state index contributed by atoms with van der Waals surface area (Å²) in [5.74, 6) is 2.24. The summed E-state index contributed by atoms with van der Waals surface area (Å²) in [6, 6.07) is 23.6. The Hall–Kier alpha value is -2.64. The summed E-state index contributed by atoms with van der Waals surface area (Å²) < 4.78 is 17.7. The Kier molecular flexibility index (Phi) is 46.6. The first-order chi connectivity index (χ1) is 25.2. The summed E-state index contributed by atoms with van der Waals surface area (Å²) in [5, 5.41) is 33.2. The minimum Gasteiger partial charge on any atom is -0.512 e. The molecule has 0 fully saturated rings. The van der Waals surface area contributed by atoms with Crippen LogP contribution in [0.5, 0.6) is 23.0 Å². The normalized spacial score (nSPS) is 8.09. The molecule has 1 radical (unpaired) electrons. The number of halogens is 5. The zero-order chi connectivity index (χ0) is 41.8. The number of phenols is 1. The second kappa shape index (κ2) is 41.5. The smallest absolute Gasteiger partial charge is 0.512 e. The summed E-state index contributed by atoms with van der Waals surface area (Å²) in [6.07, 6.45) is 0. The Morgan fingerprint density at radius 1 is 0.796 bits per heavy atom. The number of rotatable bonds is 5. The Morgan fingerprint density at radius 3 is 1.43 bits per heavy atom. The molecule has 54 heavy (non-hydrogen) atoms. The number of ether oxygens (including phenoxy) is 3. The van der Waals surface area contributed by atoms with Gasteiger partial charge in [-0.25, -0.2) is 6.57 Å². The number of thiol groups is 1. The second-order valence-electron chi connectivity index (χ2n) is 9.14. The molecule has 17 heteroatoms. The molecule has 0 atom stereocenters. The summed E-state index contributed by atoms with van der Waals surface area (Å²) in [4.78, 5) is 3.26. The van der Waals surface area contributed by atoms with E-state index in [2.05, 4.69) is 45.5 Å². The monoisotopic (exact) mass is 907 g/mol. The van der Waals surface area contributed by atoms with Gasteiger partial charge in [0.2, 0.25) is 6.54 Å². The number of nitrogens with zero attached hydrogens (tertiary/aromatic N) is 4. The molecule has 4 rings (SSSR count). The van der Waals surface area contributed by atoms with Crippen LogP contribution in [-0.4, -0.2) is 45.8 Å². The molecule has 0 saturated heterocycles. The van der Waals surface area contributed by atoms with Gasteiger partial charge < -0.3 is 41.1 Å². The fraction of sp³-hybridized carbons (Fsp3) is 0.270. The van der Waals surface area contributed by atoms with Crippen molar-refractivity contribution in [1.29, 1.82) is 10.5 Å². The number of hydrogen-bond acceptors (Lipinski definition) is 9. The number of phenolic OH excluding ortho intramolecular Hbond substituents is 1. The first-order valence-electron chi connectivity index (χ1n) is 14.7. The van der Waals surface area contributed by atoms with Gasteiger partial charge in [0.1, 0.15) is 23.0 Å². The SMILES string of the molecule is CC#N.CCO.COc1cc(C)ccc1Cl.COc1cc(CBr)ccc1Cl.Cc1ccc(Cl)c(O)c1.[B]=NS.[C-]#N.[C-]#[N+]Cc1ccc(Cl)c(OC)c1.[Na+]. The van der Waals surface area contributed by atoms with E-state index in [-0.39, 0.29) is 41.9 Å². The van der Waals surface area contributed by atoms with Gasteiger partial charge in [-0.2, -0.15) is 5.26 Å². The molecule has 0 aliphatic heterocycles. The van der Waals surface area contributed by atoms with Gasteiger partial charge in [0.25, 0.3) is 0 Å². The van der Waals surface area contributed by atoms with Crippen LogP contribution < -0.4 is 43.8 Å². The quantitative estimate of drug-likeness (QED) is 0.0790. The van der Waals surface area contributed by atoms with Gasteiger partial charge >= 0.3 is 54.3 Å². The first kappa shape index (κ1) is 60.6. The molecule has 0 unspecified atom stereocenters. The number of hydrogen-bond donors (Lipinski definition) is 3. The molecule has 0 bridgehead atoms. The summed E-state index contributed by atoms with van der Waals surface area (Å²) in [5.41, 5.74) is 4.25. The third-order valence-corrected chi connectivity index (χ3v) is 7.16. The van der Waals surface area contributed by atoms with Crippen molar-refractivity contribution in [2.45, 2.75) is 39.6 Å². The van der Waals surface area contributed by atoms with E-state index in [0.29, 0.717) is 32.4 Å². The van der Waals surface area contributed by atoms with Crippen molar-refractivity contribution < 1.29 is 54.0 Å². The Balaban J connectivity index is -0.000000181. The average Bonchev–Trinajstić information content (AvgIpc) is 3.15. The molecule has 0 aliphatic rings. The van der Waals surface area contributed by atoms with Crippen molar-refractivity contribution in [2.75, 3.05) is 27.9 Å². The van der Waals surface area contributed by atoms with Crippen molar-refractivity contribution in [3.63, 3.8) is 0 Å². The van der Waals surface area contributed by atoms with Crippen LogP contribution in [0.3, 0.4) is 0 Å². The molecule has 285 valence electrons. The van der Waals surface area contributed by atoms with Crippen LogP contribution >= 0.6 is 75.1 Å². The van der Waals surface area contributed by atoms with Crippen LogP contribution in [0.25, 0.3) is 4.85 Å². The fourth-order valence-corrected chi connectivity index (χ4v) is 4.12. The maximum Gasteiger partial charge on any atom is 1.00 e. The molecular formula is C37H42BBrCl4N4NaO5S. The Morgan fingerprint density at radius 2 is 1.11 bits per heavy atom. The van der Waals surface area contributed by atoms with Crippen molar-refractivity contribution >= 4 is 82.8 Å². The summed E-state index contributed by atoms with van der Waals surface area (Å²) in [6.45, 7) is 19.0. The first-order valence-corrected chi connectivity index (χ1v) is 17.7. The number of aliphatic hydroxyl groups is 1.